The first kappa shape index (κ1) is 39.5. The standard InChI is InChI=1S/C38H76O2/c1-7-11-15-17-19-20-21-22-23-24-25-27-29-33-37(39)40-38(35(5)31-13-9-3,36(6)32-14-10-4)34-30-28-26-18-16-12-8-2/h35-36H,7-34H2,1-6H3. The van der Waals surface area contributed by atoms with Crippen LogP contribution in [0.5, 0.6) is 0 Å². The fourth-order valence-corrected chi connectivity index (χ4v) is 6.65. The lowest BCUT2D eigenvalue weighted by Crippen LogP contribution is -2.47. The maximum atomic E-state index is 13.3. The van der Waals surface area contributed by atoms with Gasteiger partial charge in [0.05, 0.1) is 0 Å². The van der Waals surface area contributed by atoms with Crippen LogP contribution in [0.1, 0.15) is 221 Å². The molecule has 2 nitrogen and oxygen atoms in total. The average molecular weight is 565 g/mol. The highest BCUT2D eigenvalue weighted by Crippen LogP contribution is 2.41. The van der Waals surface area contributed by atoms with Crippen molar-refractivity contribution in [3.8, 4) is 0 Å². The van der Waals surface area contributed by atoms with Gasteiger partial charge in [0.2, 0.25) is 0 Å². The van der Waals surface area contributed by atoms with Crippen molar-refractivity contribution in [1.82, 2.24) is 0 Å². The molecular formula is C38H76O2. The van der Waals surface area contributed by atoms with Gasteiger partial charge in [0.25, 0.3) is 0 Å². The van der Waals surface area contributed by atoms with Crippen molar-refractivity contribution < 1.29 is 9.53 Å². The van der Waals surface area contributed by atoms with Gasteiger partial charge in [-0.15, -0.1) is 0 Å². The maximum Gasteiger partial charge on any atom is 0.306 e. The van der Waals surface area contributed by atoms with Crippen LogP contribution in [-0.4, -0.2) is 11.6 Å². The second-order valence-electron chi connectivity index (χ2n) is 13.4. The van der Waals surface area contributed by atoms with Gasteiger partial charge in [-0.2, -0.15) is 0 Å². The summed E-state index contributed by atoms with van der Waals surface area (Å²) in [4.78, 5) is 13.3. The summed E-state index contributed by atoms with van der Waals surface area (Å²) in [6, 6.07) is 0. The monoisotopic (exact) mass is 565 g/mol. The quantitative estimate of drug-likeness (QED) is 0.0618. The topological polar surface area (TPSA) is 26.3 Å². The smallest absolute Gasteiger partial charge is 0.306 e. The minimum Gasteiger partial charge on any atom is -0.458 e. The molecule has 2 unspecified atom stereocenters. The number of carbonyl (C=O) groups is 1. The van der Waals surface area contributed by atoms with Gasteiger partial charge < -0.3 is 4.74 Å². The van der Waals surface area contributed by atoms with Crippen molar-refractivity contribution in [2.24, 2.45) is 11.8 Å². The molecule has 0 aromatic heterocycles. The molecule has 0 heterocycles. The predicted molar refractivity (Wildman–Crippen MR) is 179 cm³/mol. The van der Waals surface area contributed by atoms with E-state index < -0.39 is 0 Å². The van der Waals surface area contributed by atoms with E-state index in [1.54, 1.807) is 0 Å². The van der Waals surface area contributed by atoms with Gasteiger partial charge in [-0.25, -0.2) is 0 Å². The lowest BCUT2D eigenvalue weighted by Gasteiger charge is -2.44. The zero-order valence-electron chi connectivity index (χ0n) is 28.8. The van der Waals surface area contributed by atoms with E-state index in [0.717, 1.165) is 12.8 Å². The molecule has 0 saturated heterocycles. The Bertz CT molecular complexity index is 514. The zero-order chi connectivity index (χ0) is 29.7. The molecule has 0 amide bonds. The molecule has 0 aliphatic heterocycles. The van der Waals surface area contributed by atoms with Gasteiger partial charge in [0, 0.05) is 6.42 Å². The number of rotatable bonds is 31. The number of carbonyl (C=O) groups excluding carboxylic acids is 1. The van der Waals surface area contributed by atoms with Gasteiger partial charge in [-0.3, -0.25) is 4.79 Å². The van der Waals surface area contributed by atoms with Crippen LogP contribution in [0.2, 0.25) is 0 Å². The number of esters is 1. The fourth-order valence-electron chi connectivity index (χ4n) is 6.65. The molecule has 0 aromatic carbocycles. The molecule has 0 bridgehead atoms. The molecule has 2 atom stereocenters. The van der Waals surface area contributed by atoms with Gasteiger partial charge in [-0.05, 0) is 43.9 Å². The van der Waals surface area contributed by atoms with E-state index in [0.29, 0.717) is 18.3 Å². The molecule has 240 valence electrons. The fraction of sp³-hybridized carbons (Fsp3) is 0.974. The van der Waals surface area contributed by atoms with Crippen LogP contribution in [0.25, 0.3) is 0 Å². The minimum absolute atomic E-state index is 0.0812. The van der Waals surface area contributed by atoms with E-state index in [4.69, 9.17) is 4.74 Å². The van der Waals surface area contributed by atoms with Crippen LogP contribution >= 0.6 is 0 Å². The van der Waals surface area contributed by atoms with Gasteiger partial charge in [0.15, 0.2) is 0 Å². The van der Waals surface area contributed by atoms with E-state index in [1.165, 1.54) is 161 Å². The SMILES string of the molecule is CCCCCCCCCCCCCCCC(=O)OC(CCCCCCCCC)(C(C)CCCC)C(C)CCCC. The second kappa shape index (κ2) is 28.6. The first-order valence-corrected chi connectivity index (χ1v) is 18.7. The van der Waals surface area contributed by atoms with Crippen molar-refractivity contribution in [1.29, 1.82) is 0 Å². The Labute approximate surface area is 254 Å². The van der Waals surface area contributed by atoms with Gasteiger partial charge >= 0.3 is 5.97 Å². The summed E-state index contributed by atoms with van der Waals surface area (Å²) in [7, 11) is 0. The molecule has 40 heavy (non-hydrogen) atoms. The molecule has 0 spiro atoms. The lowest BCUT2D eigenvalue weighted by atomic mass is 9.71. The third-order valence-corrected chi connectivity index (χ3v) is 9.61. The molecule has 0 rings (SSSR count). The summed E-state index contributed by atoms with van der Waals surface area (Å²) in [5, 5.41) is 0. The summed E-state index contributed by atoms with van der Waals surface area (Å²) in [6.45, 7) is 13.9. The Morgan fingerprint density at radius 1 is 0.475 bits per heavy atom. The summed E-state index contributed by atoms with van der Waals surface area (Å²) in [5.41, 5.74) is -0.276. The second-order valence-corrected chi connectivity index (χ2v) is 13.4. The summed E-state index contributed by atoms with van der Waals surface area (Å²) < 4.78 is 6.67. The molecule has 2 heteroatoms. The number of hydrogen-bond acceptors (Lipinski definition) is 2. The minimum atomic E-state index is -0.276. The van der Waals surface area contributed by atoms with Crippen LogP contribution in [0.3, 0.4) is 0 Å². The third kappa shape index (κ3) is 20.4. The Morgan fingerprint density at radius 2 is 0.800 bits per heavy atom. The van der Waals surface area contributed by atoms with Crippen molar-refractivity contribution in [3.05, 3.63) is 0 Å². The molecular weight excluding hydrogens is 488 g/mol. The highest BCUT2D eigenvalue weighted by molar-refractivity contribution is 5.70. The van der Waals surface area contributed by atoms with Crippen molar-refractivity contribution in [2.45, 2.75) is 227 Å². The first-order chi connectivity index (χ1) is 19.5. The van der Waals surface area contributed by atoms with E-state index >= 15 is 0 Å². The molecule has 0 N–H and O–H groups in total. The van der Waals surface area contributed by atoms with Gasteiger partial charge in [-0.1, -0.05) is 183 Å². The number of hydrogen-bond donors (Lipinski definition) is 0. The number of ether oxygens (including phenoxy) is 1. The summed E-state index contributed by atoms with van der Waals surface area (Å²) in [6.07, 6.45) is 35.5. The maximum absolute atomic E-state index is 13.3. The Morgan fingerprint density at radius 3 is 1.18 bits per heavy atom. The predicted octanol–water partition coefficient (Wildman–Crippen LogP) is 13.5. The van der Waals surface area contributed by atoms with Crippen LogP contribution in [0.4, 0.5) is 0 Å². The molecule has 0 radical (unpaired) electrons. The van der Waals surface area contributed by atoms with E-state index in [9.17, 15) is 4.79 Å². The molecule has 0 saturated carbocycles. The zero-order valence-corrected chi connectivity index (χ0v) is 28.8. The van der Waals surface area contributed by atoms with Crippen LogP contribution in [0.15, 0.2) is 0 Å². The van der Waals surface area contributed by atoms with Crippen molar-refractivity contribution in [3.63, 3.8) is 0 Å². The third-order valence-electron chi connectivity index (χ3n) is 9.61. The normalized spacial score (nSPS) is 14.7. The van der Waals surface area contributed by atoms with E-state index in [-0.39, 0.29) is 11.6 Å². The highest BCUT2D eigenvalue weighted by atomic mass is 16.6. The molecule has 0 aromatic rings. The first-order valence-electron chi connectivity index (χ1n) is 18.7. The molecule has 0 aliphatic rings. The van der Waals surface area contributed by atoms with E-state index in [2.05, 4.69) is 41.5 Å². The van der Waals surface area contributed by atoms with E-state index in [1.807, 2.05) is 0 Å². The Balaban J connectivity index is 4.69. The molecule has 0 aliphatic carbocycles. The van der Waals surface area contributed by atoms with Crippen LogP contribution in [-0.2, 0) is 9.53 Å². The summed E-state index contributed by atoms with van der Waals surface area (Å²) >= 11 is 0. The summed E-state index contributed by atoms with van der Waals surface area (Å²) in [5.74, 6) is 0.961. The molecule has 0 fully saturated rings. The van der Waals surface area contributed by atoms with Crippen molar-refractivity contribution >= 4 is 5.97 Å². The van der Waals surface area contributed by atoms with Crippen molar-refractivity contribution in [2.75, 3.05) is 0 Å². The highest BCUT2D eigenvalue weighted by Gasteiger charge is 2.43. The largest absolute Gasteiger partial charge is 0.458 e. The Hall–Kier alpha value is -0.530. The van der Waals surface area contributed by atoms with Crippen LogP contribution in [0, 0.1) is 11.8 Å². The van der Waals surface area contributed by atoms with Crippen LogP contribution < -0.4 is 0 Å². The number of unbranched alkanes of at least 4 members (excludes halogenated alkanes) is 20. The van der Waals surface area contributed by atoms with Gasteiger partial charge in [0.1, 0.15) is 5.60 Å². The Kier molecular flexibility index (Phi) is 28.2. The lowest BCUT2D eigenvalue weighted by molar-refractivity contribution is -0.177. The average Bonchev–Trinajstić information content (AvgIpc) is 2.95.